The van der Waals surface area contributed by atoms with Crippen LogP contribution >= 0.6 is 15.9 Å². The molecule has 1 aromatic heterocycles. The number of aryl methyl sites for hydroxylation is 1. The van der Waals surface area contributed by atoms with E-state index in [1.807, 2.05) is 13.0 Å². The molecule has 1 heterocycles. The zero-order valence-electron chi connectivity index (χ0n) is 12.4. The van der Waals surface area contributed by atoms with E-state index >= 15 is 0 Å². The van der Waals surface area contributed by atoms with Gasteiger partial charge in [-0.1, -0.05) is 13.8 Å². The molecule has 0 aliphatic carbocycles. The zero-order chi connectivity index (χ0) is 15.4. The largest absolute Gasteiger partial charge is 0.486 e. The third-order valence-electron chi connectivity index (χ3n) is 3.04. The van der Waals surface area contributed by atoms with Crippen molar-refractivity contribution in [3.05, 3.63) is 51.6 Å². The maximum absolute atomic E-state index is 13.1. The lowest BCUT2D eigenvalue weighted by Crippen LogP contribution is -2.21. The van der Waals surface area contributed by atoms with Crippen LogP contribution in [0.1, 0.15) is 30.9 Å². The summed E-state index contributed by atoms with van der Waals surface area (Å²) in [6.07, 6.45) is 0. The van der Waals surface area contributed by atoms with Gasteiger partial charge in [0.25, 0.3) is 0 Å². The summed E-state index contributed by atoms with van der Waals surface area (Å²) >= 11 is 3.14. The Hall–Kier alpha value is -1.33. The molecule has 0 bridgehead atoms. The first kappa shape index (κ1) is 16.0. The van der Waals surface area contributed by atoms with Crippen molar-refractivity contribution in [2.45, 2.75) is 40.0 Å². The van der Waals surface area contributed by atoms with Gasteiger partial charge in [-0.25, -0.2) is 4.39 Å². The summed E-state index contributed by atoms with van der Waals surface area (Å²) in [5, 5.41) is 3.35. The highest BCUT2D eigenvalue weighted by atomic mass is 79.9. The Morgan fingerprint density at radius 3 is 2.76 bits per heavy atom. The van der Waals surface area contributed by atoms with Crippen molar-refractivity contribution in [3.63, 3.8) is 0 Å². The van der Waals surface area contributed by atoms with E-state index in [1.54, 1.807) is 12.1 Å². The molecule has 1 aromatic carbocycles. The lowest BCUT2D eigenvalue weighted by molar-refractivity contribution is 0.267. The van der Waals surface area contributed by atoms with Crippen molar-refractivity contribution >= 4 is 15.9 Å². The van der Waals surface area contributed by atoms with Crippen molar-refractivity contribution in [1.82, 2.24) is 5.32 Å². The van der Waals surface area contributed by atoms with Crippen LogP contribution in [0.5, 0.6) is 5.75 Å². The van der Waals surface area contributed by atoms with Gasteiger partial charge in [-0.2, -0.15) is 0 Å². The molecule has 5 heteroatoms. The fourth-order valence-electron chi connectivity index (χ4n) is 1.87. The minimum atomic E-state index is -0.307. The number of hydrogen-bond donors (Lipinski definition) is 1. The van der Waals surface area contributed by atoms with Crippen molar-refractivity contribution in [2.24, 2.45) is 0 Å². The third kappa shape index (κ3) is 4.58. The van der Waals surface area contributed by atoms with Gasteiger partial charge in [0.2, 0.25) is 0 Å². The van der Waals surface area contributed by atoms with E-state index in [2.05, 4.69) is 35.1 Å². The minimum absolute atomic E-state index is 0.307. The van der Waals surface area contributed by atoms with Crippen LogP contribution in [-0.2, 0) is 13.2 Å². The van der Waals surface area contributed by atoms with Gasteiger partial charge in [-0.15, -0.1) is 0 Å². The second-order valence-electron chi connectivity index (χ2n) is 5.19. The molecule has 2 rings (SSSR count). The van der Waals surface area contributed by atoms with Crippen molar-refractivity contribution in [1.29, 1.82) is 0 Å². The van der Waals surface area contributed by atoms with E-state index in [4.69, 9.17) is 9.15 Å². The van der Waals surface area contributed by atoms with Gasteiger partial charge in [0.1, 0.15) is 29.7 Å². The normalized spacial score (nSPS) is 11.1. The Morgan fingerprint density at radius 1 is 1.33 bits per heavy atom. The van der Waals surface area contributed by atoms with Crippen molar-refractivity contribution in [3.8, 4) is 5.75 Å². The molecule has 21 heavy (non-hydrogen) atoms. The Bertz CT molecular complexity index is 610. The predicted molar refractivity (Wildman–Crippen MR) is 83.9 cm³/mol. The molecule has 0 amide bonds. The maximum atomic E-state index is 13.1. The second kappa shape index (κ2) is 7.09. The number of furan rings is 1. The SMILES string of the molecule is Cc1oc(COc2ccc(F)c(Br)c2)cc1CNC(C)C. The molecular formula is C16H19BrFNO2. The van der Waals surface area contributed by atoms with E-state index in [-0.39, 0.29) is 5.82 Å². The summed E-state index contributed by atoms with van der Waals surface area (Å²) in [7, 11) is 0. The Kier molecular flexibility index (Phi) is 5.42. The van der Waals surface area contributed by atoms with Crippen LogP contribution in [0.4, 0.5) is 4.39 Å². The van der Waals surface area contributed by atoms with E-state index in [9.17, 15) is 4.39 Å². The van der Waals surface area contributed by atoms with Gasteiger partial charge in [0.15, 0.2) is 0 Å². The first-order valence-corrected chi connectivity index (χ1v) is 7.64. The molecule has 0 unspecified atom stereocenters. The number of nitrogens with one attached hydrogen (secondary N) is 1. The topological polar surface area (TPSA) is 34.4 Å². The first-order valence-electron chi connectivity index (χ1n) is 6.85. The number of ether oxygens (including phenoxy) is 1. The lowest BCUT2D eigenvalue weighted by atomic mass is 10.2. The van der Waals surface area contributed by atoms with E-state index in [0.717, 1.165) is 23.6 Å². The van der Waals surface area contributed by atoms with E-state index in [0.29, 0.717) is 22.9 Å². The molecule has 1 N–H and O–H groups in total. The van der Waals surface area contributed by atoms with Gasteiger partial charge < -0.3 is 14.5 Å². The molecule has 0 atom stereocenters. The molecule has 0 fully saturated rings. The monoisotopic (exact) mass is 355 g/mol. The zero-order valence-corrected chi connectivity index (χ0v) is 14.0. The standard InChI is InChI=1S/C16H19BrFNO2/c1-10(2)19-8-12-6-14(21-11(12)3)9-20-13-4-5-16(18)15(17)7-13/h4-7,10,19H,8-9H2,1-3H3. The van der Waals surface area contributed by atoms with Crippen LogP contribution < -0.4 is 10.1 Å². The number of benzene rings is 1. The van der Waals surface area contributed by atoms with E-state index in [1.165, 1.54) is 6.07 Å². The number of hydrogen-bond acceptors (Lipinski definition) is 3. The molecule has 0 saturated carbocycles. The highest BCUT2D eigenvalue weighted by Gasteiger charge is 2.09. The number of halogens is 2. The third-order valence-corrected chi connectivity index (χ3v) is 3.65. The van der Waals surface area contributed by atoms with Crippen LogP contribution in [0.2, 0.25) is 0 Å². The van der Waals surface area contributed by atoms with Gasteiger partial charge in [-0.3, -0.25) is 0 Å². The second-order valence-corrected chi connectivity index (χ2v) is 6.05. The molecule has 0 aliphatic rings. The van der Waals surface area contributed by atoms with Crippen molar-refractivity contribution < 1.29 is 13.5 Å². The smallest absolute Gasteiger partial charge is 0.146 e. The first-order chi connectivity index (χ1) is 9.95. The van der Waals surface area contributed by atoms with Gasteiger partial charge in [0.05, 0.1) is 4.47 Å². The molecule has 114 valence electrons. The Labute approximate surface area is 132 Å². The Morgan fingerprint density at radius 2 is 2.10 bits per heavy atom. The van der Waals surface area contributed by atoms with Crippen LogP contribution in [0.15, 0.2) is 33.2 Å². The Balaban J connectivity index is 1.96. The average Bonchev–Trinajstić information content (AvgIpc) is 2.78. The van der Waals surface area contributed by atoms with Crippen LogP contribution in [0.3, 0.4) is 0 Å². The molecule has 2 aromatic rings. The summed E-state index contributed by atoms with van der Waals surface area (Å²) in [5.41, 5.74) is 1.13. The number of rotatable bonds is 6. The lowest BCUT2D eigenvalue weighted by Gasteiger charge is -2.06. The van der Waals surface area contributed by atoms with Gasteiger partial charge >= 0.3 is 0 Å². The minimum Gasteiger partial charge on any atom is -0.486 e. The fraction of sp³-hybridized carbons (Fsp3) is 0.375. The molecule has 0 aliphatic heterocycles. The molecule has 0 radical (unpaired) electrons. The molecule has 3 nitrogen and oxygen atoms in total. The average molecular weight is 356 g/mol. The highest BCUT2D eigenvalue weighted by molar-refractivity contribution is 9.10. The van der Waals surface area contributed by atoms with Crippen LogP contribution in [-0.4, -0.2) is 6.04 Å². The van der Waals surface area contributed by atoms with E-state index < -0.39 is 0 Å². The summed E-state index contributed by atoms with van der Waals surface area (Å²) in [6, 6.07) is 6.98. The molecule has 0 saturated heterocycles. The fourth-order valence-corrected chi connectivity index (χ4v) is 2.23. The maximum Gasteiger partial charge on any atom is 0.146 e. The highest BCUT2D eigenvalue weighted by Crippen LogP contribution is 2.23. The summed E-state index contributed by atoms with van der Waals surface area (Å²) in [4.78, 5) is 0. The van der Waals surface area contributed by atoms with Crippen LogP contribution in [0.25, 0.3) is 0 Å². The summed E-state index contributed by atoms with van der Waals surface area (Å²) in [6.45, 7) is 7.24. The quantitative estimate of drug-likeness (QED) is 0.824. The predicted octanol–water partition coefficient (Wildman–Crippen LogP) is 4.57. The van der Waals surface area contributed by atoms with Crippen molar-refractivity contribution in [2.75, 3.05) is 0 Å². The molecular weight excluding hydrogens is 337 g/mol. The van der Waals surface area contributed by atoms with Crippen LogP contribution in [0, 0.1) is 12.7 Å². The van der Waals surface area contributed by atoms with Gasteiger partial charge in [-0.05, 0) is 47.1 Å². The summed E-state index contributed by atoms with van der Waals surface area (Å²) < 4.78 is 24.8. The summed E-state index contributed by atoms with van der Waals surface area (Å²) in [5.74, 6) is 1.94. The molecule has 0 spiro atoms. The van der Waals surface area contributed by atoms with Gasteiger partial charge in [0, 0.05) is 18.2 Å².